The lowest BCUT2D eigenvalue weighted by molar-refractivity contribution is -0.206. The molecule has 0 bridgehead atoms. The number of aldehydes is 1. The van der Waals surface area contributed by atoms with E-state index in [1.165, 1.54) is 6.08 Å². The van der Waals surface area contributed by atoms with Crippen LogP contribution in [0.2, 0.25) is 0 Å². The number of ether oxygens (including phenoxy) is 1. The molecule has 0 aliphatic carbocycles. The fourth-order valence-electron chi connectivity index (χ4n) is 1.38. The minimum atomic E-state index is -2.20. The molecule has 0 fully saturated rings. The number of benzene rings is 1. The van der Waals surface area contributed by atoms with Crippen LogP contribution >= 0.6 is 0 Å². The van der Waals surface area contributed by atoms with Crippen LogP contribution in [0, 0.1) is 0 Å². The minimum absolute atomic E-state index is 0.510. The van der Waals surface area contributed by atoms with Crippen molar-refractivity contribution in [1.82, 2.24) is 0 Å². The summed E-state index contributed by atoms with van der Waals surface area (Å²) in [7, 11) is 1.13. The van der Waals surface area contributed by atoms with E-state index in [1.807, 2.05) is 0 Å². The van der Waals surface area contributed by atoms with Crippen LogP contribution in [-0.4, -0.2) is 41.4 Å². The molecule has 102 valence electrons. The largest absolute Gasteiger partial charge is 0.378 e. The lowest BCUT2D eigenvalue weighted by Crippen LogP contribution is -2.49. The van der Waals surface area contributed by atoms with Gasteiger partial charge in [0.15, 0.2) is 6.10 Å². The maximum Gasteiger partial charge on any atom is 0.252 e. The average molecular weight is 265 g/mol. The predicted octanol–water partition coefficient (Wildman–Crippen LogP) is -0.307. The molecule has 1 rings (SSSR count). The highest BCUT2D eigenvalue weighted by Crippen LogP contribution is 2.16. The van der Waals surface area contributed by atoms with Crippen LogP contribution in [0.4, 0.5) is 0 Å². The monoisotopic (exact) mass is 265 g/mol. The van der Waals surface area contributed by atoms with Crippen molar-refractivity contribution >= 4 is 18.3 Å². The highest BCUT2D eigenvalue weighted by atomic mass is 16.6. The molecule has 0 radical (unpaired) electrons. The Morgan fingerprint density at radius 2 is 1.89 bits per heavy atom. The number of primary amides is 1. The first kappa shape index (κ1) is 15.0. The van der Waals surface area contributed by atoms with Gasteiger partial charge in [0, 0.05) is 12.7 Å². The Morgan fingerprint density at radius 1 is 1.37 bits per heavy atom. The third-order valence-electron chi connectivity index (χ3n) is 2.58. The molecule has 0 saturated carbocycles. The summed E-state index contributed by atoms with van der Waals surface area (Å²) in [6.07, 6.45) is 1.36. The van der Waals surface area contributed by atoms with Crippen molar-refractivity contribution in [1.29, 1.82) is 0 Å². The van der Waals surface area contributed by atoms with Gasteiger partial charge in [0.05, 0.1) is 0 Å². The molecule has 0 saturated heterocycles. The number of carbonyl (C=O) groups is 2. The van der Waals surface area contributed by atoms with Crippen LogP contribution in [0.1, 0.15) is 15.9 Å². The molecule has 0 aliphatic heterocycles. The van der Waals surface area contributed by atoms with Crippen molar-refractivity contribution < 1.29 is 24.5 Å². The number of rotatable bonds is 6. The van der Waals surface area contributed by atoms with Gasteiger partial charge in [-0.15, -0.1) is 0 Å². The topological polar surface area (TPSA) is 110 Å². The van der Waals surface area contributed by atoms with Crippen LogP contribution < -0.4 is 5.73 Å². The van der Waals surface area contributed by atoms with Gasteiger partial charge in [0.2, 0.25) is 5.79 Å². The molecule has 6 heteroatoms. The fourth-order valence-corrected chi connectivity index (χ4v) is 1.38. The molecular weight excluding hydrogens is 250 g/mol. The molecular formula is C13H15NO5. The van der Waals surface area contributed by atoms with Crippen molar-refractivity contribution in [2.45, 2.75) is 11.9 Å². The van der Waals surface area contributed by atoms with E-state index in [9.17, 15) is 19.8 Å². The van der Waals surface area contributed by atoms with Gasteiger partial charge in [-0.25, -0.2) is 0 Å². The van der Waals surface area contributed by atoms with E-state index in [1.54, 1.807) is 24.3 Å². The van der Waals surface area contributed by atoms with Gasteiger partial charge in [-0.1, -0.05) is 30.3 Å². The Bertz CT molecular complexity index is 482. The maximum absolute atomic E-state index is 10.9. The van der Waals surface area contributed by atoms with E-state index < -0.39 is 17.8 Å². The molecule has 1 aromatic carbocycles. The van der Waals surface area contributed by atoms with Crippen molar-refractivity contribution in [2.75, 3.05) is 7.11 Å². The second-order valence-electron chi connectivity index (χ2n) is 3.88. The second-order valence-corrected chi connectivity index (χ2v) is 3.88. The Hall–Kier alpha value is -2.02. The van der Waals surface area contributed by atoms with E-state index in [4.69, 9.17) is 5.73 Å². The normalized spacial score (nSPS) is 15.9. The summed E-state index contributed by atoms with van der Waals surface area (Å²) < 4.78 is 4.69. The Balaban J connectivity index is 2.92. The number of methoxy groups -OCH3 is 1. The summed E-state index contributed by atoms with van der Waals surface area (Å²) in [5.41, 5.74) is 6.06. The summed E-state index contributed by atoms with van der Waals surface area (Å²) in [4.78, 5) is 21.3. The van der Waals surface area contributed by atoms with Gasteiger partial charge >= 0.3 is 0 Å². The van der Waals surface area contributed by atoms with E-state index in [2.05, 4.69) is 4.74 Å². The molecule has 0 heterocycles. The SMILES string of the molecule is COC(O)(/C=C/c1ccc(C=O)cc1)C(O)C(N)=O. The van der Waals surface area contributed by atoms with Gasteiger partial charge in [-0.2, -0.15) is 0 Å². The number of nitrogens with two attached hydrogens (primary N) is 1. The van der Waals surface area contributed by atoms with Crippen molar-refractivity contribution in [3.63, 3.8) is 0 Å². The highest BCUT2D eigenvalue weighted by Gasteiger charge is 2.37. The van der Waals surface area contributed by atoms with E-state index in [0.717, 1.165) is 13.2 Å². The zero-order valence-corrected chi connectivity index (χ0v) is 10.3. The van der Waals surface area contributed by atoms with E-state index >= 15 is 0 Å². The number of aliphatic hydroxyl groups is 2. The summed E-state index contributed by atoms with van der Waals surface area (Å²) >= 11 is 0. The first-order valence-corrected chi connectivity index (χ1v) is 5.42. The molecule has 1 amide bonds. The number of hydrogen-bond donors (Lipinski definition) is 3. The number of amides is 1. The Morgan fingerprint density at radius 3 is 2.32 bits per heavy atom. The van der Waals surface area contributed by atoms with Crippen LogP contribution in [0.25, 0.3) is 6.08 Å². The smallest absolute Gasteiger partial charge is 0.252 e. The molecule has 1 aromatic rings. The van der Waals surface area contributed by atoms with Gasteiger partial charge in [-0.05, 0) is 11.6 Å². The molecule has 0 aromatic heterocycles. The van der Waals surface area contributed by atoms with Crippen LogP contribution in [0.15, 0.2) is 30.3 Å². The quantitative estimate of drug-likeness (QED) is 0.483. The van der Waals surface area contributed by atoms with Gasteiger partial charge < -0.3 is 20.7 Å². The highest BCUT2D eigenvalue weighted by molar-refractivity contribution is 5.80. The van der Waals surface area contributed by atoms with Crippen LogP contribution in [-0.2, 0) is 9.53 Å². The van der Waals surface area contributed by atoms with Gasteiger partial charge in [0.25, 0.3) is 5.91 Å². The summed E-state index contributed by atoms with van der Waals surface area (Å²) in [5, 5.41) is 19.4. The molecule has 0 spiro atoms. The first-order valence-electron chi connectivity index (χ1n) is 5.42. The molecule has 6 nitrogen and oxygen atoms in total. The Labute approximate surface area is 110 Å². The van der Waals surface area contributed by atoms with Crippen LogP contribution in [0.5, 0.6) is 0 Å². The first-order chi connectivity index (χ1) is 8.92. The van der Waals surface area contributed by atoms with Crippen molar-refractivity contribution in [2.24, 2.45) is 5.73 Å². The molecule has 2 atom stereocenters. The summed E-state index contributed by atoms with van der Waals surface area (Å²) in [6.45, 7) is 0. The van der Waals surface area contributed by atoms with Crippen molar-refractivity contribution in [3.8, 4) is 0 Å². The van der Waals surface area contributed by atoms with Gasteiger partial charge in [-0.3, -0.25) is 9.59 Å². The predicted molar refractivity (Wildman–Crippen MR) is 68.0 cm³/mol. The van der Waals surface area contributed by atoms with E-state index in [0.29, 0.717) is 17.4 Å². The van der Waals surface area contributed by atoms with Crippen molar-refractivity contribution in [3.05, 3.63) is 41.5 Å². The van der Waals surface area contributed by atoms with Crippen LogP contribution in [0.3, 0.4) is 0 Å². The minimum Gasteiger partial charge on any atom is -0.378 e. The van der Waals surface area contributed by atoms with Gasteiger partial charge in [0.1, 0.15) is 6.29 Å². The maximum atomic E-state index is 10.9. The zero-order chi connectivity index (χ0) is 14.5. The second kappa shape index (κ2) is 6.24. The standard InChI is InChI=1S/C13H15NO5/c1-19-13(18,11(16)12(14)17)7-6-9-2-4-10(8-15)5-3-9/h2-8,11,16,18H,1H3,(H2,14,17)/b7-6+. The summed E-state index contributed by atoms with van der Waals surface area (Å²) in [6, 6.07) is 6.44. The summed E-state index contributed by atoms with van der Waals surface area (Å²) in [5.74, 6) is -3.31. The Kier molecular flexibility index (Phi) is 4.94. The number of carbonyl (C=O) groups excluding carboxylic acids is 2. The van der Waals surface area contributed by atoms with E-state index in [-0.39, 0.29) is 0 Å². The molecule has 2 unspecified atom stereocenters. The number of hydrogen-bond acceptors (Lipinski definition) is 5. The fraction of sp³-hybridized carbons (Fsp3) is 0.231. The zero-order valence-electron chi connectivity index (χ0n) is 10.3. The number of aliphatic hydroxyl groups excluding tert-OH is 1. The average Bonchev–Trinajstić information content (AvgIpc) is 2.44. The third-order valence-corrected chi connectivity index (χ3v) is 2.58. The lowest BCUT2D eigenvalue weighted by Gasteiger charge is -2.26. The molecule has 19 heavy (non-hydrogen) atoms. The molecule has 0 aliphatic rings. The molecule has 4 N–H and O–H groups in total. The third kappa shape index (κ3) is 3.72. The lowest BCUT2D eigenvalue weighted by atomic mass is 10.1.